The Hall–Kier alpha value is -1.70. The Labute approximate surface area is 78.2 Å². The molecule has 2 nitrogen and oxygen atoms in total. The van der Waals surface area contributed by atoms with Gasteiger partial charge in [0, 0.05) is 5.56 Å². The quantitative estimate of drug-likeness (QED) is 0.758. The van der Waals surface area contributed by atoms with E-state index in [-0.39, 0.29) is 12.0 Å². The fourth-order valence-corrected chi connectivity index (χ4v) is 0.975. The Bertz CT molecular complexity index is 379. The van der Waals surface area contributed by atoms with Gasteiger partial charge in [0.25, 0.3) is 0 Å². The van der Waals surface area contributed by atoms with E-state index in [4.69, 9.17) is 10.4 Å². The molecule has 1 N–H and O–H groups in total. The van der Waals surface area contributed by atoms with Gasteiger partial charge in [0.1, 0.15) is 5.75 Å². The molecule has 0 aliphatic carbocycles. The summed E-state index contributed by atoms with van der Waals surface area (Å²) in [4.78, 5) is 0. The minimum absolute atomic E-state index is 0.107. The molecule has 1 aromatic carbocycles. The zero-order chi connectivity index (χ0) is 10.8. The van der Waals surface area contributed by atoms with Crippen molar-refractivity contribution in [2.24, 2.45) is 0 Å². The van der Waals surface area contributed by atoms with Crippen molar-refractivity contribution in [3.05, 3.63) is 29.3 Å². The monoisotopic (exact) mass is 201 g/mol. The fourth-order valence-electron chi connectivity index (χ4n) is 0.975. The highest BCUT2D eigenvalue weighted by molar-refractivity contribution is 5.38. The molecule has 0 aliphatic rings. The van der Waals surface area contributed by atoms with Gasteiger partial charge in [-0.05, 0) is 12.1 Å². The molecule has 0 atom stereocenters. The molecule has 1 aromatic rings. The maximum absolute atomic E-state index is 12.1. The molecule has 0 aromatic heterocycles. The molecule has 0 heterocycles. The molecule has 0 spiro atoms. The summed E-state index contributed by atoms with van der Waals surface area (Å²) in [6, 6.07) is 4.30. The van der Waals surface area contributed by atoms with Crippen LogP contribution in [0, 0.1) is 11.3 Å². The predicted octanol–water partition coefficient (Wildman–Crippen LogP) is 2.48. The first kappa shape index (κ1) is 10.4. The summed E-state index contributed by atoms with van der Waals surface area (Å²) >= 11 is 0. The van der Waals surface area contributed by atoms with Crippen LogP contribution in [-0.2, 0) is 12.6 Å². The highest BCUT2D eigenvalue weighted by Gasteiger charge is 2.30. The molecule has 0 fully saturated rings. The van der Waals surface area contributed by atoms with Crippen molar-refractivity contribution >= 4 is 0 Å². The normalized spacial score (nSPS) is 11.0. The van der Waals surface area contributed by atoms with Crippen molar-refractivity contribution < 1.29 is 18.3 Å². The predicted molar refractivity (Wildman–Crippen MR) is 42.4 cm³/mol. The molecular formula is C9H6F3NO. The summed E-state index contributed by atoms with van der Waals surface area (Å²) in [6.07, 6.45) is -4.58. The molecule has 0 amide bonds. The van der Waals surface area contributed by atoms with E-state index in [1.54, 1.807) is 6.07 Å². The van der Waals surface area contributed by atoms with Crippen molar-refractivity contribution in [1.29, 1.82) is 5.26 Å². The van der Waals surface area contributed by atoms with Crippen molar-refractivity contribution in [3.63, 3.8) is 0 Å². The number of nitrogens with zero attached hydrogens (tertiary/aromatic N) is 1. The minimum Gasteiger partial charge on any atom is -0.508 e. The molecule has 1 rings (SSSR count). The van der Waals surface area contributed by atoms with E-state index in [9.17, 15) is 13.2 Å². The maximum Gasteiger partial charge on any atom is 0.416 e. The van der Waals surface area contributed by atoms with Gasteiger partial charge >= 0.3 is 6.18 Å². The van der Waals surface area contributed by atoms with Gasteiger partial charge in [-0.15, -0.1) is 0 Å². The number of phenols is 1. The fraction of sp³-hybridized carbons (Fsp3) is 0.222. The van der Waals surface area contributed by atoms with Gasteiger partial charge in [-0.3, -0.25) is 0 Å². The summed E-state index contributed by atoms with van der Waals surface area (Å²) < 4.78 is 36.3. The maximum atomic E-state index is 12.1. The van der Waals surface area contributed by atoms with Gasteiger partial charge in [-0.25, -0.2) is 0 Å². The third kappa shape index (κ3) is 2.16. The molecule has 0 bridgehead atoms. The number of benzene rings is 1. The SMILES string of the molecule is N#CCc1ccc(C(F)(F)F)cc1O. The van der Waals surface area contributed by atoms with E-state index in [0.29, 0.717) is 6.07 Å². The molecule has 74 valence electrons. The summed E-state index contributed by atoms with van der Waals surface area (Å²) in [5, 5.41) is 17.4. The Balaban J connectivity index is 3.08. The summed E-state index contributed by atoms with van der Waals surface area (Å²) in [5.74, 6) is -0.499. The first-order valence-electron chi connectivity index (χ1n) is 3.71. The molecule has 14 heavy (non-hydrogen) atoms. The third-order valence-electron chi connectivity index (χ3n) is 1.68. The van der Waals surface area contributed by atoms with Crippen LogP contribution in [0.4, 0.5) is 13.2 Å². The number of nitriles is 1. The van der Waals surface area contributed by atoms with E-state index in [0.717, 1.165) is 12.1 Å². The van der Waals surface area contributed by atoms with E-state index in [1.165, 1.54) is 0 Å². The van der Waals surface area contributed by atoms with Gasteiger partial charge in [0.15, 0.2) is 0 Å². The Kier molecular flexibility index (Phi) is 2.65. The van der Waals surface area contributed by atoms with Crippen molar-refractivity contribution in [2.45, 2.75) is 12.6 Å². The Morgan fingerprint density at radius 1 is 1.36 bits per heavy atom. The lowest BCUT2D eigenvalue weighted by Crippen LogP contribution is -2.04. The van der Waals surface area contributed by atoms with Gasteiger partial charge in [0.2, 0.25) is 0 Å². The first-order chi connectivity index (χ1) is 6.45. The summed E-state index contributed by atoms with van der Waals surface area (Å²) in [7, 11) is 0. The lowest BCUT2D eigenvalue weighted by atomic mass is 10.1. The molecule has 0 radical (unpaired) electrons. The Morgan fingerprint density at radius 3 is 2.43 bits per heavy atom. The largest absolute Gasteiger partial charge is 0.508 e. The second kappa shape index (κ2) is 3.58. The molecule has 0 saturated heterocycles. The van der Waals surface area contributed by atoms with E-state index >= 15 is 0 Å². The Morgan fingerprint density at radius 2 is 2.00 bits per heavy atom. The van der Waals surface area contributed by atoms with Crippen LogP contribution >= 0.6 is 0 Å². The van der Waals surface area contributed by atoms with E-state index in [1.807, 2.05) is 0 Å². The number of aromatic hydroxyl groups is 1. The standard InChI is InChI=1S/C9H6F3NO/c10-9(11,12)7-2-1-6(3-4-13)8(14)5-7/h1-2,5,14H,3H2. The number of hydrogen-bond donors (Lipinski definition) is 1. The second-order valence-corrected chi connectivity index (χ2v) is 2.68. The van der Waals surface area contributed by atoms with Crippen LogP contribution in [0.15, 0.2) is 18.2 Å². The highest BCUT2D eigenvalue weighted by Crippen LogP contribution is 2.32. The zero-order valence-electron chi connectivity index (χ0n) is 6.97. The lowest BCUT2D eigenvalue weighted by molar-refractivity contribution is -0.137. The number of halogens is 3. The van der Waals surface area contributed by atoms with Gasteiger partial charge in [-0.1, -0.05) is 6.07 Å². The molecular weight excluding hydrogens is 195 g/mol. The van der Waals surface area contributed by atoms with Crippen LogP contribution in [0.5, 0.6) is 5.75 Å². The summed E-state index contributed by atoms with van der Waals surface area (Å²) in [6.45, 7) is 0. The molecule has 5 heteroatoms. The van der Waals surface area contributed by atoms with Crippen LogP contribution < -0.4 is 0 Å². The topological polar surface area (TPSA) is 44.0 Å². The van der Waals surface area contributed by atoms with Gasteiger partial charge in [0.05, 0.1) is 18.1 Å². The van der Waals surface area contributed by atoms with E-state index < -0.39 is 17.5 Å². The third-order valence-corrected chi connectivity index (χ3v) is 1.68. The first-order valence-corrected chi connectivity index (χ1v) is 3.71. The van der Waals surface area contributed by atoms with Crippen LogP contribution in [0.2, 0.25) is 0 Å². The number of hydrogen-bond acceptors (Lipinski definition) is 2. The van der Waals surface area contributed by atoms with Crippen molar-refractivity contribution in [3.8, 4) is 11.8 Å². The molecule has 0 unspecified atom stereocenters. The number of alkyl halides is 3. The lowest BCUT2D eigenvalue weighted by Gasteiger charge is -2.08. The second-order valence-electron chi connectivity index (χ2n) is 2.68. The smallest absolute Gasteiger partial charge is 0.416 e. The van der Waals surface area contributed by atoms with Crippen LogP contribution in [0.25, 0.3) is 0 Å². The van der Waals surface area contributed by atoms with Crippen LogP contribution in [0.1, 0.15) is 11.1 Å². The van der Waals surface area contributed by atoms with Gasteiger partial charge < -0.3 is 5.11 Å². The summed E-state index contributed by atoms with van der Waals surface area (Å²) in [5.41, 5.74) is -0.725. The van der Waals surface area contributed by atoms with E-state index in [2.05, 4.69) is 0 Å². The van der Waals surface area contributed by atoms with Crippen LogP contribution in [-0.4, -0.2) is 5.11 Å². The molecule has 0 aliphatic heterocycles. The number of rotatable bonds is 1. The van der Waals surface area contributed by atoms with Crippen molar-refractivity contribution in [1.82, 2.24) is 0 Å². The minimum atomic E-state index is -4.47. The average Bonchev–Trinajstić information content (AvgIpc) is 2.07. The number of phenolic OH excluding ortho intramolecular Hbond substituents is 1. The molecule has 0 saturated carbocycles. The highest BCUT2D eigenvalue weighted by atomic mass is 19.4. The zero-order valence-corrected chi connectivity index (χ0v) is 6.97. The van der Waals surface area contributed by atoms with Crippen molar-refractivity contribution in [2.75, 3.05) is 0 Å². The average molecular weight is 201 g/mol. The van der Waals surface area contributed by atoms with Gasteiger partial charge in [-0.2, -0.15) is 18.4 Å². The van der Waals surface area contributed by atoms with Crippen LogP contribution in [0.3, 0.4) is 0 Å².